The molecule has 8 heteroatoms. The van der Waals surface area contributed by atoms with Gasteiger partial charge < -0.3 is 9.64 Å². The molecule has 0 amide bonds. The van der Waals surface area contributed by atoms with Crippen LogP contribution in [0.3, 0.4) is 0 Å². The van der Waals surface area contributed by atoms with E-state index in [1.807, 2.05) is 31.2 Å². The van der Waals surface area contributed by atoms with Crippen molar-refractivity contribution in [1.29, 1.82) is 0 Å². The molecule has 0 bridgehead atoms. The molecule has 1 aliphatic heterocycles. The van der Waals surface area contributed by atoms with Gasteiger partial charge in [0.2, 0.25) is 10.0 Å². The third-order valence-corrected chi connectivity index (χ3v) is 6.14. The summed E-state index contributed by atoms with van der Waals surface area (Å²) in [5.41, 5.74) is 1.83. The topological polar surface area (TPSA) is 59.8 Å². The fraction of sp³-hybridized carbons (Fsp3) is 0.368. The van der Waals surface area contributed by atoms with Gasteiger partial charge in [-0.3, -0.25) is 0 Å². The average Bonchev–Trinajstić information content (AvgIpc) is 2.64. The molecule has 0 aromatic heterocycles. The van der Waals surface area contributed by atoms with Crippen molar-refractivity contribution in [2.24, 2.45) is 0 Å². The molecule has 1 atom stereocenters. The molecule has 1 heterocycles. The molecule has 1 fully saturated rings. The van der Waals surface area contributed by atoms with E-state index in [1.54, 1.807) is 0 Å². The lowest BCUT2D eigenvalue weighted by Gasteiger charge is -2.28. The van der Waals surface area contributed by atoms with Crippen molar-refractivity contribution in [3.05, 3.63) is 65.2 Å². The van der Waals surface area contributed by atoms with Crippen LogP contribution in [-0.2, 0) is 14.8 Å². The molecule has 0 unspecified atom stereocenters. The van der Waals surface area contributed by atoms with Crippen LogP contribution in [0.5, 0.6) is 0 Å². The van der Waals surface area contributed by atoms with Crippen LogP contribution >= 0.6 is 0 Å². The first-order valence-corrected chi connectivity index (χ1v) is 10.3. The monoisotopic (exact) mass is 397 g/mol. The van der Waals surface area contributed by atoms with Gasteiger partial charge in [0.25, 0.3) is 0 Å². The molecular formula is C19H23F2N2O3S+. The van der Waals surface area contributed by atoms with E-state index < -0.39 is 32.6 Å². The molecule has 146 valence electrons. The van der Waals surface area contributed by atoms with Gasteiger partial charge in [-0.1, -0.05) is 29.8 Å². The van der Waals surface area contributed by atoms with Gasteiger partial charge in [-0.15, -0.1) is 0 Å². The number of quaternary nitrogens is 1. The van der Waals surface area contributed by atoms with Crippen molar-refractivity contribution in [3.8, 4) is 0 Å². The molecule has 27 heavy (non-hydrogen) atoms. The normalized spacial score (nSPS) is 17.0. The summed E-state index contributed by atoms with van der Waals surface area (Å²) in [6.45, 7) is 5.18. The number of sulfonamides is 1. The number of aryl methyl sites for hydroxylation is 1. The van der Waals surface area contributed by atoms with E-state index in [0.29, 0.717) is 25.8 Å². The Hall–Kier alpha value is -1.87. The summed E-state index contributed by atoms with van der Waals surface area (Å²) in [6.07, 6.45) is 0. The first-order chi connectivity index (χ1) is 12.8. The van der Waals surface area contributed by atoms with Gasteiger partial charge in [-0.05, 0) is 30.7 Å². The van der Waals surface area contributed by atoms with Gasteiger partial charge in [0.1, 0.15) is 29.6 Å². The van der Waals surface area contributed by atoms with Gasteiger partial charge in [0.05, 0.1) is 25.8 Å². The highest BCUT2D eigenvalue weighted by Crippen LogP contribution is 2.20. The van der Waals surface area contributed by atoms with Crippen molar-refractivity contribution in [2.45, 2.75) is 17.9 Å². The minimum atomic E-state index is -4.23. The summed E-state index contributed by atoms with van der Waals surface area (Å²) in [5, 5.41) is 0. The van der Waals surface area contributed by atoms with Crippen molar-refractivity contribution >= 4 is 10.0 Å². The first kappa shape index (κ1) is 19.9. The maximum absolute atomic E-state index is 14.0. The van der Waals surface area contributed by atoms with Gasteiger partial charge in [-0.25, -0.2) is 17.2 Å². The molecular weight excluding hydrogens is 374 g/mol. The van der Waals surface area contributed by atoms with E-state index in [9.17, 15) is 17.2 Å². The molecule has 0 spiro atoms. The highest BCUT2D eigenvalue weighted by atomic mass is 32.2. The summed E-state index contributed by atoms with van der Waals surface area (Å²) in [4.78, 5) is 0.505. The quantitative estimate of drug-likeness (QED) is 0.770. The van der Waals surface area contributed by atoms with E-state index in [2.05, 4.69) is 4.72 Å². The predicted molar refractivity (Wildman–Crippen MR) is 97.0 cm³/mol. The molecule has 3 rings (SSSR count). The van der Waals surface area contributed by atoms with Crippen LogP contribution in [0.25, 0.3) is 0 Å². The van der Waals surface area contributed by atoms with Crippen LogP contribution in [0.4, 0.5) is 8.78 Å². The lowest BCUT2D eigenvalue weighted by atomic mass is 10.1. The van der Waals surface area contributed by atoms with E-state index in [1.165, 1.54) is 4.90 Å². The van der Waals surface area contributed by atoms with E-state index in [-0.39, 0.29) is 0 Å². The van der Waals surface area contributed by atoms with Crippen molar-refractivity contribution < 1.29 is 26.8 Å². The number of ether oxygens (including phenoxy) is 1. The smallest absolute Gasteiger partial charge is 0.244 e. The van der Waals surface area contributed by atoms with Crippen LogP contribution in [-0.4, -0.2) is 41.3 Å². The van der Waals surface area contributed by atoms with Crippen molar-refractivity contribution in [1.82, 2.24) is 4.72 Å². The number of hydrogen-bond donors (Lipinski definition) is 2. The zero-order chi connectivity index (χ0) is 19.4. The van der Waals surface area contributed by atoms with E-state index >= 15 is 0 Å². The molecule has 2 N–H and O–H groups in total. The summed E-state index contributed by atoms with van der Waals surface area (Å²) in [5.74, 6) is -1.78. The summed E-state index contributed by atoms with van der Waals surface area (Å²) >= 11 is 0. The van der Waals surface area contributed by atoms with Crippen LogP contribution in [0.2, 0.25) is 0 Å². The number of morpholine rings is 1. The van der Waals surface area contributed by atoms with E-state index in [4.69, 9.17) is 4.74 Å². The SMILES string of the molecule is Cc1ccc([C@@H](C[NH+]2CCOCC2)NS(=O)(=O)c2cc(F)ccc2F)cc1. The van der Waals surface area contributed by atoms with Gasteiger partial charge in [0.15, 0.2) is 0 Å². The minimum absolute atomic E-state index is 0.489. The van der Waals surface area contributed by atoms with E-state index in [0.717, 1.165) is 36.3 Å². The Bertz CT molecular complexity index is 882. The fourth-order valence-electron chi connectivity index (χ4n) is 3.11. The second kappa shape index (κ2) is 8.43. The minimum Gasteiger partial charge on any atom is -0.370 e. The number of hydrogen-bond acceptors (Lipinski definition) is 3. The van der Waals surface area contributed by atoms with Crippen molar-refractivity contribution in [3.63, 3.8) is 0 Å². The Morgan fingerprint density at radius 3 is 2.44 bits per heavy atom. The molecule has 1 saturated heterocycles. The second-order valence-electron chi connectivity index (χ2n) is 6.73. The summed E-state index contributed by atoms with van der Waals surface area (Å²) in [6, 6.07) is 9.34. The molecule has 0 aliphatic carbocycles. The lowest BCUT2D eigenvalue weighted by molar-refractivity contribution is -0.909. The number of nitrogens with one attached hydrogen (secondary N) is 2. The maximum Gasteiger partial charge on any atom is 0.244 e. The zero-order valence-corrected chi connectivity index (χ0v) is 15.9. The van der Waals surface area contributed by atoms with Crippen LogP contribution in [0, 0.1) is 18.6 Å². The fourth-order valence-corrected chi connectivity index (χ4v) is 4.43. The number of benzene rings is 2. The maximum atomic E-state index is 14.0. The largest absolute Gasteiger partial charge is 0.370 e. The van der Waals surface area contributed by atoms with Crippen molar-refractivity contribution in [2.75, 3.05) is 32.8 Å². The molecule has 0 saturated carbocycles. The Morgan fingerprint density at radius 2 is 1.78 bits per heavy atom. The molecule has 2 aromatic rings. The standard InChI is InChI=1S/C19H22F2N2O3S/c1-14-2-4-15(5-3-14)18(13-23-8-10-26-11-9-23)22-27(24,25)19-12-16(20)6-7-17(19)21/h2-7,12,18,22H,8-11,13H2,1H3/p+1/t18-/m1/s1. The predicted octanol–water partition coefficient (Wildman–Crippen LogP) is 1.21. The van der Waals surface area contributed by atoms with Crippen LogP contribution < -0.4 is 9.62 Å². The summed E-state index contributed by atoms with van der Waals surface area (Å²) in [7, 11) is -4.23. The Balaban J connectivity index is 1.89. The van der Waals surface area contributed by atoms with Gasteiger partial charge in [0, 0.05) is 0 Å². The molecule has 5 nitrogen and oxygen atoms in total. The van der Waals surface area contributed by atoms with Gasteiger partial charge in [-0.2, -0.15) is 4.72 Å². The molecule has 0 radical (unpaired) electrons. The Kier molecular flexibility index (Phi) is 6.21. The van der Waals surface area contributed by atoms with Crippen LogP contribution in [0.15, 0.2) is 47.4 Å². The summed E-state index contributed by atoms with van der Waals surface area (Å²) < 4.78 is 60.9. The Morgan fingerprint density at radius 1 is 1.11 bits per heavy atom. The Labute approximate surface area is 158 Å². The second-order valence-corrected chi connectivity index (χ2v) is 8.41. The molecule has 2 aromatic carbocycles. The highest BCUT2D eigenvalue weighted by Gasteiger charge is 2.28. The number of rotatable bonds is 6. The number of halogens is 2. The molecule has 1 aliphatic rings. The third-order valence-electron chi connectivity index (χ3n) is 4.65. The third kappa shape index (κ3) is 5.10. The van der Waals surface area contributed by atoms with Gasteiger partial charge >= 0.3 is 0 Å². The average molecular weight is 397 g/mol. The zero-order valence-electron chi connectivity index (χ0n) is 15.0. The first-order valence-electron chi connectivity index (χ1n) is 8.80. The lowest BCUT2D eigenvalue weighted by Crippen LogP contribution is -3.14. The van der Waals surface area contributed by atoms with Crippen LogP contribution in [0.1, 0.15) is 17.2 Å². The highest BCUT2D eigenvalue weighted by molar-refractivity contribution is 7.89.